The lowest BCUT2D eigenvalue weighted by Gasteiger charge is -2.15. The smallest absolute Gasteiger partial charge is 0.417 e. The van der Waals surface area contributed by atoms with Crippen molar-refractivity contribution in [3.8, 4) is 22.3 Å². The molecule has 4 aromatic rings. The van der Waals surface area contributed by atoms with E-state index in [2.05, 4.69) is 10.3 Å². The van der Waals surface area contributed by atoms with E-state index in [1.54, 1.807) is 42.6 Å². The topological polar surface area (TPSA) is 79.3 Å². The molecule has 5 nitrogen and oxygen atoms in total. The maximum absolute atomic E-state index is 13.5. The van der Waals surface area contributed by atoms with E-state index >= 15 is 0 Å². The number of hydrogen-bond donors (Lipinski definition) is 2. The van der Waals surface area contributed by atoms with Gasteiger partial charge in [0.15, 0.2) is 5.78 Å². The van der Waals surface area contributed by atoms with Crippen molar-refractivity contribution in [2.75, 3.05) is 5.32 Å². The fourth-order valence-electron chi connectivity index (χ4n) is 4.19. The lowest BCUT2D eigenvalue weighted by molar-refractivity contribution is -0.138. The molecule has 0 fully saturated rings. The number of pyridine rings is 1. The van der Waals surface area contributed by atoms with Gasteiger partial charge in [-0.05, 0) is 71.1 Å². The fourth-order valence-corrected chi connectivity index (χ4v) is 4.36. The number of anilines is 1. The van der Waals surface area contributed by atoms with Gasteiger partial charge in [0.05, 0.1) is 5.56 Å². The number of rotatable bonds is 10. The molecule has 0 saturated heterocycles. The minimum atomic E-state index is -4.69. The van der Waals surface area contributed by atoms with E-state index in [-0.39, 0.29) is 36.3 Å². The Balaban J connectivity index is 1.49. The molecule has 0 bridgehead atoms. The standard InChI is InChI=1S/C30H23ClF4N2O3/c31-21-8-4-19(25(14-21)20-7-13-27(37-17-20)28(38)2-1-3-29(39)40)16-36-23-10-5-18(6-11-23)24-12-9-22(32)15-26(24)30(33,34)35/h4-15,17,36H,1-3,16H2,(H,39,40). The fraction of sp³-hybridized carbons (Fsp3) is 0.167. The first kappa shape index (κ1) is 28.8. The van der Waals surface area contributed by atoms with Gasteiger partial charge in [0.2, 0.25) is 0 Å². The predicted octanol–water partition coefficient (Wildman–Crippen LogP) is 8.28. The number of carbonyl (C=O) groups is 2. The van der Waals surface area contributed by atoms with Gasteiger partial charge in [0.1, 0.15) is 11.5 Å². The number of alkyl halides is 3. The van der Waals surface area contributed by atoms with Crippen molar-refractivity contribution >= 4 is 29.0 Å². The SMILES string of the molecule is O=C(O)CCCC(=O)c1ccc(-c2cc(Cl)ccc2CNc2ccc(-c3ccc(F)cc3C(F)(F)F)cc2)cn1. The van der Waals surface area contributed by atoms with Gasteiger partial charge in [-0.1, -0.05) is 41.9 Å². The van der Waals surface area contributed by atoms with Crippen LogP contribution in [0.2, 0.25) is 5.02 Å². The third kappa shape index (κ3) is 7.24. The molecule has 40 heavy (non-hydrogen) atoms. The van der Waals surface area contributed by atoms with Crippen molar-refractivity contribution in [3.05, 3.63) is 107 Å². The molecular weight excluding hydrogens is 548 g/mol. The van der Waals surface area contributed by atoms with Crippen LogP contribution in [0.15, 0.2) is 79.0 Å². The van der Waals surface area contributed by atoms with E-state index in [9.17, 15) is 27.2 Å². The van der Waals surface area contributed by atoms with Crippen molar-refractivity contribution in [2.24, 2.45) is 0 Å². The van der Waals surface area contributed by atoms with Crippen LogP contribution in [0.1, 0.15) is 40.9 Å². The van der Waals surface area contributed by atoms with Crippen molar-refractivity contribution < 1.29 is 32.3 Å². The summed E-state index contributed by atoms with van der Waals surface area (Å²) in [6, 6.07) is 17.6. The number of aromatic nitrogens is 1. The van der Waals surface area contributed by atoms with E-state index in [0.29, 0.717) is 34.4 Å². The molecule has 0 aliphatic carbocycles. The normalized spacial score (nSPS) is 11.3. The van der Waals surface area contributed by atoms with Crippen LogP contribution in [-0.2, 0) is 17.5 Å². The Bertz CT molecular complexity index is 1520. The number of nitrogens with one attached hydrogen (secondary N) is 1. The Morgan fingerprint density at radius 1 is 0.875 bits per heavy atom. The van der Waals surface area contributed by atoms with E-state index in [1.165, 1.54) is 12.1 Å². The largest absolute Gasteiger partial charge is 0.481 e. The number of Topliss-reactive ketones (excluding diaryl/α,β-unsaturated/α-hetero) is 1. The first-order chi connectivity index (χ1) is 19.0. The van der Waals surface area contributed by atoms with Gasteiger partial charge in [0, 0.05) is 41.9 Å². The summed E-state index contributed by atoms with van der Waals surface area (Å²) in [5.74, 6) is -2.16. The lowest BCUT2D eigenvalue weighted by Crippen LogP contribution is -2.08. The van der Waals surface area contributed by atoms with Crippen molar-refractivity contribution in [1.29, 1.82) is 0 Å². The molecule has 0 unspecified atom stereocenters. The molecule has 0 saturated carbocycles. The van der Waals surface area contributed by atoms with Gasteiger partial charge >= 0.3 is 12.1 Å². The lowest BCUT2D eigenvalue weighted by atomic mass is 9.98. The van der Waals surface area contributed by atoms with Crippen molar-refractivity contribution in [2.45, 2.75) is 32.0 Å². The summed E-state index contributed by atoms with van der Waals surface area (Å²) in [6.07, 6.45) is -2.92. The Morgan fingerprint density at radius 3 is 2.25 bits per heavy atom. The highest BCUT2D eigenvalue weighted by Gasteiger charge is 2.34. The van der Waals surface area contributed by atoms with Crippen LogP contribution < -0.4 is 5.32 Å². The summed E-state index contributed by atoms with van der Waals surface area (Å²) in [5, 5.41) is 12.5. The first-order valence-electron chi connectivity index (χ1n) is 12.2. The number of nitrogens with zero attached hydrogens (tertiary/aromatic N) is 1. The molecule has 1 heterocycles. The zero-order valence-corrected chi connectivity index (χ0v) is 21.7. The number of carboxylic acids is 1. The second-order valence-corrected chi connectivity index (χ2v) is 9.46. The zero-order chi connectivity index (χ0) is 28.9. The highest BCUT2D eigenvalue weighted by Crippen LogP contribution is 2.38. The van der Waals surface area contributed by atoms with Crippen LogP contribution in [0.3, 0.4) is 0 Å². The molecule has 0 atom stereocenters. The number of carboxylic acid groups (broad SMARTS) is 1. The van der Waals surface area contributed by atoms with Gasteiger partial charge in [-0.3, -0.25) is 14.6 Å². The Morgan fingerprint density at radius 2 is 1.60 bits per heavy atom. The highest BCUT2D eigenvalue weighted by molar-refractivity contribution is 6.30. The molecule has 0 spiro atoms. The molecule has 4 rings (SSSR count). The van der Waals surface area contributed by atoms with Gasteiger partial charge < -0.3 is 10.4 Å². The summed E-state index contributed by atoms with van der Waals surface area (Å²) in [6.45, 7) is 0.353. The predicted molar refractivity (Wildman–Crippen MR) is 145 cm³/mol. The Hall–Kier alpha value is -4.24. The summed E-state index contributed by atoms with van der Waals surface area (Å²) < 4.78 is 53.7. The minimum Gasteiger partial charge on any atom is -0.481 e. The summed E-state index contributed by atoms with van der Waals surface area (Å²) >= 11 is 6.23. The third-order valence-electron chi connectivity index (χ3n) is 6.19. The number of aliphatic carboxylic acids is 1. The number of benzene rings is 3. The van der Waals surface area contributed by atoms with Crippen molar-refractivity contribution in [1.82, 2.24) is 4.98 Å². The summed E-state index contributed by atoms with van der Waals surface area (Å²) in [4.78, 5) is 27.2. The van der Waals surface area contributed by atoms with E-state index in [4.69, 9.17) is 16.7 Å². The van der Waals surface area contributed by atoms with Crippen molar-refractivity contribution in [3.63, 3.8) is 0 Å². The maximum Gasteiger partial charge on any atom is 0.417 e. The van der Waals surface area contributed by atoms with Crippen LogP contribution in [0.5, 0.6) is 0 Å². The van der Waals surface area contributed by atoms with Gasteiger partial charge in [-0.15, -0.1) is 0 Å². The molecule has 0 amide bonds. The van der Waals surface area contributed by atoms with Gasteiger partial charge in [-0.2, -0.15) is 13.2 Å². The number of halogens is 5. The monoisotopic (exact) mass is 570 g/mol. The molecule has 0 radical (unpaired) electrons. The maximum atomic E-state index is 13.5. The van der Waals surface area contributed by atoms with Crippen LogP contribution in [0.4, 0.5) is 23.2 Å². The van der Waals surface area contributed by atoms with E-state index in [1.807, 2.05) is 6.07 Å². The Kier molecular flexibility index (Phi) is 8.84. The van der Waals surface area contributed by atoms with E-state index < -0.39 is 23.5 Å². The molecule has 1 aromatic heterocycles. The average Bonchev–Trinajstić information content (AvgIpc) is 2.92. The first-order valence-corrected chi connectivity index (χ1v) is 12.6. The average molecular weight is 571 g/mol. The van der Waals surface area contributed by atoms with Gasteiger partial charge in [-0.25, -0.2) is 4.39 Å². The number of ketones is 1. The summed E-state index contributed by atoms with van der Waals surface area (Å²) in [7, 11) is 0. The van der Waals surface area contributed by atoms with E-state index in [0.717, 1.165) is 23.3 Å². The zero-order valence-electron chi connectivity index (χ0n) is 20.9. The Labute approximate surface area is 232 Å². The molecule has 10 heteroatoms. The van der Waals surface area contributed by atoms with Gasteiger partial charge in [0.25, 0.3) is 0 Å². The second-order valence-electron chi connectivity index (χ2n) is 9.02. The molecule has 2 N–H and O–H groups in total. The number of hydrogen-bond acceptors (Lipinski definition) is 4. The van der Waals surface area contributed by atoms with Crippen LogP contribution in [-0.4, -0.2) is 21.8 Å². The molecule has 206 valence electrons. The number of carbonyl (C=O) groups excluding carboxylic acids is 1. The summed E-state index contributed by atoms with van der Waals surface area (Å²) in [5.41, 5.74) is 2.38. The molecular formula is C30H23ClF4N2O3. The second kappa shape index (κ2) is 12.3. The third-order valence-corrected chi connectivity index (χ3v) is 6.43. The van der Waals surface area contributed by atoms with Crippen LogP contribution >= 0.6 is 11.6 Å². The molecule has 3 aromatic carbocycles. The van der Waals surface area contributed by atoms with Crippen LogP contribution in [0, 0.1) is 5.82 Å². The molecule has 0 aliphatic heterocycles. The molecule has 0 aliphatic rings. The minimum absolute atomic E-state index is 0.0858. The quantitative estimate of drug-likeness (QED) is 0.148. The van der Waals surface area contributed by atoms with Crippen LogP contribution in [0.25, 0.3) is 22.3 Å². The highest BCUT2D eigenvalue weighted by atomic mass is 35.5.